The Kier molecular flexibility index (Phi) is 4.06. The van der Waals surface area contributed by atoms with Crippen LogP contribution < -0.4 is 4.90 Å². The Bertz CT molecular complexity index is 595. The average molecular weight is 296 g/mol. The fraction of sp³-hybridized carbons (Fsp3) is 0.400. The van der Waals surface area contributed by atoms with Crippen LogP contribution in [0, 0.1) is 13.8 Å². The number of esters is 1. The van der Waals surface area contributed by atoms with Crippen LogP contribution >= 0.6 is 11.6 Å². The van der Waals surface area contributed by atoms with E-state index in [2.05, 4.69) is 4.74 Å². The van der Waals surface area contributed by atoms with Crippen molar-refractivity contribution in [2.45, 2.75) is 26.9 Å². The maximum absolute atomic E-state index is 11.6. The number of likely N-dealkylation sites (N-methyl/N-ethyl adjacent to an activating group) is 1. The lowest BCUT2D eigenvalue weighted by atomic mass is 10.0. The summed E-state index contributed by atoms with van der Waals surface area (Å²) in [5.41, 5.74) is 4.27. The quantitative estimate of drug-likeness (QED) is 0.673. The largest absolute Gasteiger partial charge is 0.465 e. The summed E-state index contributed by atoms with van der Waals surface area (Å²) in [6.07, 6.45) is -0.907. The molecular weight excluding hydrogens is 278 g/mol. The Hall–Kier alpha value is -1.52. The number of hydrogen-bond acceptors (Lipinski definition) is 4. The summed E-state index contributed by atoms with van der Waals surface area (Å²) in [5.74, 6) is -0.639. The zero-order valence-electron chi connectivity index (χ0n) is 12.0. The molecule has 1 heterocycles. The van der Waals surface area contributed by atoms with Gasteiger partial charge in [0, 0.05) is 17.8 Å². The second kappa shape index (κ2) is 5.46. The standard InChI is InChI=1S/C15H18ClNO3/c1-5-17-11-7-9(3)8(2)6-10(11)14(18)13(17)12(16)15(19)20-4/h6-7,14,18H,5H2,1-4H3. The molecule has 4 nitrogen and oxygen atoms in total. The number of aryl methyl sites for hydroxylation is 2. The summed E-state index contributed by atoms with van der Waals surface area (Å²) in [6, 6.07) is 3.94. The molecule has 0 radical (unpaired) electrons. The highest BCUT2D eigenvalue weighted by Crippen LogP contribution is 2.45. The normalized spacial score (nSPS) is 19.9. The molecule has 1 unspecified atom stereocenters. The van der Waals surface area contributed by atoms with Gasteiger partial charge in [0.2, 0.25) is 0 Å². The van der Waals surface area contributed by atoms with Crippen molar-refractivity contribution < 1.29 is 14.6 Å². The van der Waals surface area contributed by atoms with Gasteiger partial charge in [-0.05, 0) is 38.0 Å². The fourth-order valence-corrected chi connectivity index (χ4v) is 2.76. The summed E-state index contributed by atoms with van der Waals surface area (Å²) in [7, 11) is 1.27. The number of methoxy groups -OCH3 is 1. The van der Waals surface area contributed by atoms with Crippen molar-refractivity contribution >= 4 is 23.3 Å². The number of benzene rings is 1. The van der Waals surface area contributed by atoms with Crippen LogP contribution in [-0.2, 0) is 9.53 Å². The van der Waals surface area contributed by atoms with Crippen LogP contribution in [0.25, 0.3) is 0 Å². The molecule has 20 heavy (non-hydrogen) atoms. The highest BCUT2D eigenvalue weighted by molar-refractivity contribution is 6.42. The summed E-state index contributed by atoms with van der Waals surface area (Å²) in [6.45, 7) is 6.55. The van der Waals surface area contributed by atoms with E-state index in [1.807, 2.05) is 37.8 Å². The molecule has 1 aliphatic heterocycles. The first-order valence-corrected chi connectivity index (χ1v) is 6.84. The van der Waals surface area contributed by atoms with Gasteiger partial charge >= 0.3 is 5.97 Å². The van der Waals surface area contributed by atoms with Crippen molar-refractivity contribution in [1.29, 1.82) is 0 Å². The molecule has 108 valence electrons. The Morgan fingerprint density at radius 2 is 2.00 bits per heavy atom. The van der Waals surface area contributed by atoms with Crippen molar-refractivity contribution in [3.63, 3.8) is 0 Å². The topological polar surface area (TPSA) is 49.8 Å². The van der Waals surface area contributed by atoms with Crippen molar-refractivity contribution in [3.8, 4) is 0 Å². The summed E-state index contributed by atoms with van der Waals surface area (Å²) >= 11 is 6.08. The minimum atomic E-state index is -0.907. The molecule has 1 atom stereocenters. The number of aliphatic hydroxyl groups is 1. The highest BCUT2D eigenvalue weighted by atomic mass is 35.5. The number of hydrogen-bond donors (Lipinski definition) is 1. The summed E-state index contributed by atoms with van der Waals surface area (Å²) < 4.78 is 4.65. The van der Waals surface area contributed by atoms with Gasteiger partial charge in [-0.15, -0.1) is 0 Å². The lowest BCUT2D eigenvalue weighted by molar-refractivity contribution is -0.135. The van der Waals surface area contributed by atoms with Crippen LogP contribution in [0.1, 0.15) is 29.7 Å². The molecule has 0 saturated carbocycles. The smallest absolute Gasteiger partial charge is 0.351 e. The van der Waals surface area contributed by atoms with Gasteiger partial charge in [0.25, 0.3) is 0 Å². The maximum Gasteiger partial charge on any atom is 0.351 e. The summed E-state index contributed by atoms with van der Waals surface area (Å²) in [4.78, 5) is 13.5. The molecule has 0 amide bonds. The monoisotopic (exact) mass is 295 g/mol. The first-order chi connectivity index (χ1) is 9.42. The highest BCUT2D eigenvalue weighted by Gasteiger charge is 2.36. The second-order valence-corrected chi connectivity index (χ2v) is 5.21. The second-order valence-electron chi connectivity index (χ2n) is 4.83. The third kappa shape index (κ3) is 2.19. The molecule has 0 bridgehead atoms. The number of nitrogens with zero attached hydrogens (tertiary/aromatic N) is 1. The Morgan fingerprint density at radius 1 is 1.40 bits per heavy atom. The van der Waals surface area contributed by atoms with Crippen LogP contribution in [0.5, 0.6) is 0 Å². The SMILES string of the molecule is CCN1C(=C(Cl)C(=O)OC)C(O)c2cc(C)c(C)cc21. The summed E-state index contributed by atoms with van der Waals surface area (Å²) in [5, 5.41) is 10.4. The molecule has 1 aromatic rings. The van der Waals surface area contributed by atoms with Crippen molar-refractivity contribution in [3.05, 3.63) is 39.6 Å². The van der Waals surface area contributed by atoms with Gasteiger partial charge in [-0.1, -0.05) is 17.7 Å². The number of carbonyl (C=O) groups excluding carboxylic acids is 1. The van der Waals surface area contributed by atoms with Crippen molar-refractivity contribution in [2.24, 2.45) is 0 Å². The number of rotatable bonds is 2. The van der Waals surface area contributed by atoms with Crippen LogP contribution in [0.4, 0.5) is 5.69 Å². The lowest BCUT2D eigenvalue weighted by Crippen LogP contribution is -2.22. The van der Waals surface area contributed by atoms with E-state index in [-0.39, 0.29) is 5.03 Å². The minimum Gasteiger partial charge on any atom is -0.465 e. The third-order valence-corrected chi connectivity index (χ3v) is 4.03. The minimum absolute atomic E-state index is 0.0756. The zero-order chi connectivity index (χ0) is 15.0. The van der Waals surface area contributed by atoms with Crippen LogP contribution in [-0.4, -0.2) is 24.7 Å². The van der Waals surface area contributed by atoms with Crippen molar-refractivity contribution in [2.75, 3.05) is 18.6 Å². The van der Waals surface area contributed by atoms with E-state index in [0.717, 1.165) is 22.4 Å². The average Bonchev–Trinajstić information content (AvgIpc) is 2.70. The Labute approximate surface area is 123 Å². The third-order valence-electron chi connectivity index (χ3n) is 3.68. The van der Waals surface area contributed by atoms with E-state index in [1.54, 1.807) is 0 Å². The van der Waals surface area contributed by atoms with E-state index < -0.39 is 12.1 Å². The number of anilines is 1. The number of aliphatic hydroxyl groups excluding tert-OH is 1. The van der Waals surface area contributed by atoms with E-state index in [4.69, 9.17) is 11.6 Å². The molecule has 1 aliphatic rings. The number of carbonyl (C=O) groups is 1. The Balaban J connectivity index is 2.63. The van der Waals surface area contributed by atoms with Gasteiger partial charge in [0.1, 0.15) is 11.1 Å². The number of halogens is 1. The van der Waals surface area contributed by atoms with Gasteiger partial charge in [-0.2, -0.15) is 0 Å². The zero-order valence-corrected chi connectivity index (χ0v) is 12.8. The van der Waals surface area contributed by atoms with Gasteiger partial charge in [-0.25, -0.2) is 4.79 Å². The molecule has 1 aromatic carbocycles. The molecule has 1 N–H and O–H groups in total. The molecule has 0 saturated heterocycles. The first kappa shape index (κ1) is 14.9. The van der Waals surface area contributed by atoms with Gasteiger partial charge in [0.15, 0.2) is 0 Å². The molecular formula is C15H18ClNO3. The molecule has 0 spiro atoms. The molecule has 5 heteroatoms. The first-order valence-electron chi connectivity index (χ1n) is 6.47. The van der Waals surface area contributed by atoms with Gasteiger partial charge < -0.3 is 14.7 Å². The fourth-order valence-electron chi connectivity index (χ4n) is 2.47. The molecule has 0 aromatic heterocycles. The van der Waals surface area contributed by atoms with Crippen LogP contribution in [0.3, 0.4) is 0 Å². The molecule has 0 aliphatic carbocycles. The van der Waals surface area contributed by atoms with Gasteiger partial charge in [-0.3, -0.25) is 0 Å². The lowest BCUT2D eigenvalue weighted by Gasteiger charge is -2.21. The van der Waals surface area contributed by atoms with E-state index in [1.165, 1.54) is 7.11 Å². The number of ether oxygens (including phenoxy) is 1. The molecule has 2 rings (SSSR count). The van der Waals surface area contributed by atoms with Crippen molar-refractivity contribution in [1.82, 2.24) is 0 Å². The van der Waals surface area contributed by atoms with Crippen LogP contribution in [0.2, 0.25) is 0 Å². The van der Waals surface area contributed by atoms with E-state index in [9.17, 15) is 9.90 Å². The van der Waals surface area contributed by atoms with Gasteiger partial charge in [0.05, 0.1) is 12.8 Å². The van der Waals surface area contributed by atoms with E-state index in [0.29, 0.717) is 12.2 Å². The predicted octanol–water partition coefficient (Wildman–Crippen LogP) is 2.80. The molecule has 0 fully saturated rings. The maximum atomic E-state index is 11.6. The number of fused-ring (bicyclic) bond motifs is 1. The predicted molar refractivity (Wildman–Crippen MR) is 78.8 cm³/mol. The van der Waals surface area contributed by atoms with Crippen LogP contribution in [0.15, 0.2) is 22.9 Å². The Morgan fingerprint density at radius 3 is 2.55 bits per heavy atom. The van der Waals surface area contributed by atoms with E-state index >= 15 is 0 Å².